The number of carbonyl (C=O) groups is 5. The van der Waals surface area contributed by atoms with Gasteiger partial charge in [-0.2, -0.15) is 0 Å². The standard InChI is InChI=1S/C20H29N5O7/c1-11(17(28)25-15(10-26)20(31)32)23-19(30)14(7-8-16(22)27)24-18(29)13(21)9-12-5-3-2-4-6-12/h2-6,11,13-15,26H,7-10,21H2,1H3,(H2,22,27)(H,23,30)(H,24,29)(H,25,28)(H,31,32). The Labute approximate surface area is 184 Å². The maximum absolute atomic E-state index is 12.6. The lowest BCUT2D eigenvalue weighted by atomic mass is 10.0. The van der Waals surface area contributed by atoms with Crippen molar-refractivity contribution in [2.75, 3.05) is 6.61 Å². The van der Waals surface area contributed by atoms with Gasteiger partial charge < -0.3 is 37.6 Å². The third-order valence-electron chi connectivity index (χ3n) is 4.50. The molecule has 0 fully saturated rings. The van der Waals surface area contributed by atoms with Crippen molar-refractivity contribution in [2.24, 2.45) is 11.5 Å². The molecule has 0 aliphatic heterocycles. The number of nitrogens with two attached hydrogens (primary N) is 2. The van der Waals surface area contributed by atoms with Crippen LogP contribution in [0, 0.1) is 0 Å². The summed E-state index contributed by atoms with van der Waals surface area (Å²) < 4.78 is 0. The molecule has 12 heteroatoms. The van der Waals surface area contributed by atoms with Crippen molar-refractivity contribution >= 4 is 29.6 Å². The van der Waals surface area contributed by atoms with E-state index in [1.807, 2.05) is 6.07 Å². The number of carboxylic acid groups (broad SMARTS) is 1. The van der Waals surface area contributed by atoms with Crippen LogP contribution in [0.25, 0.3) is 0 Å². The van der Waals surface area contributed by atoms with E-state index < -0.39 is 60.4 Å². The molecule has 1 aromatic rings. The third-order valence-corrected chi connectivity index (χ3v) is 4.50. The minimum absolute atomic E-state index is 0.131. The number of carboxylic acids is 1. The lowest BCUT2D eigenvalue weighted by Crippen LogP contribution is -2.57. The summed E-state index contributed by atoms with van der Waals surface area (Å²) in [5.41, 5.74) is 11.9. The van der Waals surface area contributed by atoms with E-state index in [-0.39, 0.29) is 19.3 Å². The summed E-state index contributed by atoms with van der Waals surface area (Å²) in [5, 5.41) is 24.7. The Hall–Kier alpha value is -3.51. The molecule has 0 saturated carbocycles. The van der Waals surface area contributed by atoms with Crippen LogP contribution in [0.1, 0.15) is 25.3 Å². The third kappa shape index (κ3) is 9.10. The smallest absolute Gasteiger partial charge is 0.328 e. The van der Waals surface area contributed by atoms with Crippen molar-refractivity contribution in [3.63, 3.8) is 0 Å². The van der Waals surface area contributed by atoms with Crippen molar-refractivity contribution in [2.45, 2.75) is 50.4 Å². The highest BCUT2D eigenvalue weighted by Crippen LogP contribution is 2.04. The monoisotopic (exact) mass is 451 g/mol. The second kappa shape index (κ2) is 13.0. The van der Waals surface area contributed by atoms with Crippen LogP contribution in [-0.2, 0) is 30.4 Å². The number of hydrogen-bond donors (Lipinski definition) is 7. The number of amides is 4. The molecule has 4 amide bonds. The molecule has 32 heavy (non-hydrogen) atoms. The number of nitrogens with one attached hydrogen (secondary N) is 3. The summed E-state index contributed by atoms with van der Waals surface area (Å²) in [6, 6.07) is 4.08. The number of aliphatic hydroxyl groups is 1. The van der Waals surface area contributed by atoms with Crippen LogP contribution in [0.4, 0.5) is 0 Å². The predicted octanol–water partition coefficient (Wildman–Crippen LogP) is -2.63. The van der Waals surface area contributed by atoms with Crippen LogP contribution < -0.4 is 27.4 Å². The zero-order valence-electron chi connectivity index (χ0n) is 17.6. The molecule has 0 aliphatic rings. The molecule has 12 nitrogen and oxygen atoms in total. The summed E-state index contributed by atoms with van der Waals surface area (Å²) >= 11 is 0. The van der Waals surface area contributed by atoms with Crippen LogP contribution in [0.15, 0.2) is 30.3 Å². The molecule has 1 rings (SSSR count). The summed E-state index contributed by atoms with van der Waals surface area (Å²) in [4.78, 5) is 59.3. The highest BCUT2D eigenvalue weighted by Gasteiger charge is 2.28. The molecular weight excluding hydrogens is 422 g/mol. The predicted molar refractivity (Wildman–Crippen MR) is 113 cm³/mol. The molecule has 4 unspecified atom stereocenters. The van der Waals surface area contributed by atoms with E-state index in [0.29, 0.717) is 0 Å². The van der Waals surface area contributed by atoms with Gasteiger partial charge in [-0.25, -0.2) is 4.79 Å². The Balaban J connectivity index is 2.78. The van der Waals surface area contributed by atoms with Crippen molar-refractivity contribution in [3.8, 4) is 0 Å². The second-order valence-electron chi connectivity index (χ2n) is 7.17. The minimum Gasteiger partial charge on any atom is -0.480 e. The molecular formula is C20H29N5O7. The Morgan fingerprint density at radius 1 is 0.938 bits per heavy atom. The molecule has 0 aliphatic carbocycles. The first kappa shape index (κ1) is 26.5. The first-order chi connectivity index (χ1) is 15.0. The number of aliphatic carboxylic acids is 1. The highest BCUT2D eigenvalue weighted by atomic mass is 16.4. The molecule has 0 heterocycles. The van der Waals surface area contributed by atoms with E-state index in [9.17, 15) is 24.0 Å². The van der Waals surface area contributed by atoms with Crippen LogP contribution in [0.5, 0.6) is 0 Å². The number of aliphatic hydroxyl groups excluding tert-OH is 1. The van der Waals surface area contributed by atoms with Crippen molar-refractivity contribution in [1.82, 2.24) is 16.0 Å². The zero-order valence-corrected chi connectivity index (χ0v) is 17.6. The lowest BCUT2D eigenvalue weighted by molar-refractivity contribution is -0.143. The topological polar surface area (TPSA) is 214 Å². The van der Waals surface area contributed by atoms with Gasteiger partial charge in [0.2, 0.25) is 23.6 Å². The van der Waals surface area contributed by atoms with E-state index in [1.54, 1.807) is 24.3 Å². The van der Waals surface area contributed by atoms with Crippen LogP contribution >= 0.6 is 0 Å². The summed E-state index contributed by atoms with van der Waals surface area (Å²) in [6.07, 6.45) is -0.125. The average Bonchev–Trinajstić information content (AvgIpc) is 2.74. The van der Waals surface area contributed by atoms with E-state index in [0.717, 1.165) is 5.56 Å². The van der Waals surface area contributed by atoms with Gasteiger partial charge in [0.15, 0.2) is 0 Å². The fourth-order valence-electron chi connectivity index (χ4n) is 2.66. The zero-order chi connectivity index (χ0) is 24.3. The van der Waals surface area contributed by atoms with Crippen molar-refractivity contribution in [3.05, 3.63) is 35.9 Å². The Morgan fingerprint density at radius 3 is 2.06 bits per heavy atom. The first-order valence-electron chi connectivity index (χ1n) is 9.87. The minimum atomic E-state index is -1.54. The van der Waals surface area contributed by atoms with Crippen LogP contribution in [0.2, 0.25) is 0 Å². The van der Waals surface area contributed by atoms with Gasteiger partial charge in [-0.3, -0.25) is 19.2 Å². The second-order valence-corrected chi connectivity index (χ2v) is 7.17. The molecule has 9 N–H and O–H groups in total. The van der Waals surface area contributed by atoms with Crippen molar-refractivity contribution < 1.29 is 34.2 Å². The van der Waals surface area contributed by atoms with Gasteiger partial charge in [0.1, 0.15) is 18.1 Å². The molecule has 0 spiro atoms. The fourth-order valence-corrected chi connectivity index (χ4v) is 2.66. The summed E-state index contributed by atoms with van der Waals surface area (Å²) in [6.45, 7) is 0.454. The maximum Gasteiger partial charge on any atom is 0.328 e. The lowest BCUT2D eigenvalue weighted by Gasteiger charge is -2.23. The summed E-state index contributed by atoms with van der Waals surface area (Å²) in [7, 11) is 0. The first-order valence-corrected chi connectivity index (χ1v) is 9.87. The van der Waals surface area contributed by atoms with Gasteiger partial charge in [-0.1, -0.05) is 30.3 Å². The molecule has 0 bridgehead atoms. The van der Waals surface area contributed by atoms with E-state index in [1.165, 1.54) is 6.92 Å². The van der Waals surface area contributed by atoms with Gasteiger partial charge in [-0.05, 0) is 25.3 Å². The molecule has 4 atom stereocenters. The Kier molecular flexibility index (Phi) is 10.8. The molecule has 176 valence electrons. The quantitative estimate of drug-likeness (QED) is 0.168. The van der Waals surface area contributed by atoms with Gasteiger partial charge in [0.05, 0.1) is 12.6 Å². The Morgan fingerprint density at radius 2 is 1.53 bits per heavy atom. The van der Waals surface area contributed by atoms with Gasteiger partial charge >= 0.3 is 5.97 Å². The fraction of sp³-hybridized carbons (Fsp3) is 0.450. The largest absolute Gasteiger partial charge is 0.480 e. The highest BCUT2D eigenvalue weighted by molar-refractivity contribution is 5.94. The summed E-state index contributed by atoms with van der Waals surface area (Å²) in [5.74, 6) is -4.42. The number of carbonyl (C=O) groups excluding carboxylic acids is 4. The van der Waals surface area contributed by atoms with E-state index in [2.05, 4.69) is 16.0 Å². The van der Waals surface area contributed by atoms with Gasteiger partial charge in [0.25, 0.3) is 0 Å². The number of hydrogen-bond acceptors (Lipinski definition) is 7. The number of benzene rings is 1. The SMILES string of the molecule is CC(NC(=O)C(CCC(N)=O)NC(=O)C(N)Cc1ccccc1)C(=O)NC(CO)C(=O)O. The molecule has 0 aromatic heterocycles. The van der Waals surface area contributed by atoms with Gasteiger partial charge in [-0.15, -0.1) is 0 Å². The normalized spacial score (nSPS) is 14.3. The molecule has 0 radical (unpaired) electrons. The van der Waals surface area contributed by atoms with E-state index >= 15 is 0 Å². The van der Waals surface area contributed by atoms with Crippen molar-refractivity contribution in [1.29, 1.82) is 0 Å². The molecule has 0 saturated heterocycles. The Bertz CT molecular complexity index is 818. The van der Waals surface area contributed by atoms with Crippen LogP contribution in [-0.4, -0.2) is 70.6 Å². The number of primary amides is 1. The maximum atomic E-state index is 12.6. The number of rotatable bonds is 13. The van der Waals surface area contributed by atoms with Gasteiger partial charge in [0, 0.05) is 6.42 Å². The van der Waals surface area contributed by atoms with E-state index in [4.69, 9.17) is 21.7 Å². The molecule has 1 aromatic carbocycles. The average molecular weight is 451 g/mol. The van der Waals surface area contributed by atoms with Crippen LogP contribution in [0.3, 0.4) is 0 Å².